The van der Waals surface area contributed by atoms with Crippen LogP contribution in [0.15, 0.2) is 0 Å². The van der Waals surface area contributed by atoms with Gasteiger partial charge in [-0.1, -0.05) is 33.6 Å². The monoisotopic (exact) mass is 182 g/mol. The summed E-state index contributed by atoms with van der Waals surface area (Å²) in [7, 11) is 0. The molecule has 0 N–H and O–H groups in total. The summed E-state index contributed by atoms with van der Waals surface area (Å²) < 4.78 is 0. The van der Waals surface area contributed by atoms with Gasteiger partial charge in [0.1, 0.15) is 6.29 Å². The Morgan fingerprint density at radius 2 is 1.85 bits per heavy atom. The number of aldehydes is 1. The maximum absolute atomic E-state index is 11.0. The van der Waals surface area contributed by atoms with E-state index in [9.17, 15) is 4.79 Å². The van der Waals surface area contributed by atoms with E-state index in [1.165, 1.54) is 32.0 Å². The molecular weight excluding hydrogens is 160 g/mol. The molecule has 0 heterocycles. The lowest BCUT2D eigenvalue weighted by Gasteiger charge is -2.36. The highest BCUT2D eigenvalue weighted by atomic mass is 16.1. The summed E-state index contributed by atoms with van der Waals surface area (Å²) in [6, 6.07) is 0. The summed E-state index contributed by atoms with van der Waals surface area (Å²) in [5.41, 5.74) is -0.0415. The first-order valence-corrected chi connectivity index (χ1v) is 5.58. The first kappa shape index (κ1) is 10.7. The molecule has 0 aromatic carbocycles. The van der Waals surface area contributed by atoms with Crippen LogP contribution in [-0.4, -0.2) is 6.29 Å². The van der Waals surface area contributed by atoms with E-state index in [0.29, 0.717) is 5.92 Å². The van der Waals surface area contributed by atoms with Crippen LogP contribution in [-0.2, 0) is 4.79 Å². The summed E-state index contributed by atoms with van der Waals surface area (Å²) in [4.78, 5) is 11.0. The highest BCUT2D eigenvalue weighted by molar-refractivity contribution is 5.59. The molecule has 1 rings (SSSR count). The van der Waals surface area contributed by atoms with Gasteiger partial charge in [-0.25, -0.2) is 0 Å². The van der Waals surface area contributed by atoms with Crippen LogP contribution < -0.4 is 0 Å². The number of hydrogen-bond acceptors (Lipinski definition) is 1. The third kappa shape index (κ3) is 2.32. The van der Waals surface area contributed by atoms with Gasteiger partial charge in [0, 0.05) is 5.41 Å². The Morgan fingerprint density at radius 3 is 2.23 bits per heavy atom. The minimum atomic E-state index is -0.0415. The Kier molecular flexibility index (Phi) is 3.52. The molecule has 1 nitrogen and oxygen atoms in total. The second kappa shape index (κ2) is 4.26. The molecule has 1 heteroatoms. The van der Waals surface area contributed by atoms with Crippen LogP contribution in [0.4, 0.5) is 0 Å². The molecule has 0 radical (unpaired) electrons. The Bertz CT molecular complexity index is 168. The second-order valence-electron chi connectivity index (χ2n) is 4.93. The largest absolute Gasteiger partial charge is 0.303 e. The highest BCUT2D eigenvalue weighted by Gasteiger charge is 2.34. The molecule has 0 saturated heterocycles. The van der Waals surface area contributed by atoms with E-state index >= 15 is 0 Å². The molecular formula is C12H22O. The van der Waals surface area contributed by atoms with E-state index in [-0.39, 0.29) is 5.41 Å². The van der Waals surface area contributed by atoms with Crippen molar-refractivity contribution in [3.05, 3.63) is 0 Å². The molecule has 0 bridgehead atoms. The molecule has 76 valence electrons. The topological polar surface area (TPSA) is 17.1 Å². The van der Waals surface area contributed by atoms with Gasteiger partial charge in [-0.05, 0) is 31.1 Å². The zero-order valence-electron chi connectivity index (χ0n) is 9.18. The van der Waals surface area contributed by atoms with Gasteiger partial charge in [-0.15, -0.1) is 0 Å². The lowest BCUT2D eigenvalue weighted by molar-refractivity contribution is -0.119. The van der Waals surface area contributed by atoms with Crippen molar-refractivity contribution in [3.63, 3.8) is 0 Å². The average molecular weight is 182 g/mol. The Morgan fingerprint density at radius 1 is 1.31 bits per heavy atom. The molecule has 13 heavy (non-hydrogen) atoms. The Balaban J connectivity index is 2.56. The molecule has 0 aromatic rings. The predicted octanol–water partition coefficient (Wildman–Crippen LogP) is 3.43. The predicted molar refractivity (Wildman–Crippen MR) is 55.6 cm³/mol. The van der Waals surface area contributed by atoms with Crippen LogP contribution in [0.25, 0.3) is 0 Å². The lowest BCUT2D eigenvalue weighted by Crippen LogP contribution is -2.31. The maximum Gasteiger partial charge on any atom is 0.126 e. The number of carbonyl (C=O) groups excluding carboxylic acids is 1. The van der Waals surface area contributed by atoms with E-state index in [1.807, 2.05) is 0 Å². The molecule has 1 saturated carbocycles. The number of hydrogen-bond donors (Lipinski definition) is 0. The van der Waals surface area contributed by atoms with Crippen molar-refractivity contribution in [1.82, 2.24) is 0 Å². The molecule has 1 unspecified atom stereocenters. The summed E-state index contributed by atoms with van der Waals surface area (Å²) in [6.07, 6.45) is 7.32. The third-order valence-corrected chi connectivity index (χ3v) is 3.98. The van der Waals surface area contributed by atoms with Crippen molar-refractivity contribution in [2.45, 2.75) is 52.9 Å². The normalized spacial score (nSPS) is 33.8. The quantitative estimate of drug-likeness (QED) is 0.611. The minimum absolute atomic E-state index is 0.0415. The van der Waals surface area contributed by atoms with Crippen molar-refractivity contribution in [1.29, 1.82) is 0 Å². The molecule has 0 amide bonds. The zero-order chi connectivity index (χ0) is 9.90. The SMILES string of the molecule is CCC(C)(C=O)C1CCC(C)CC1. The fraction of sp³-hybridized carbons (Fsp3) is 0.917. The van der Waals surface area contributed by atoms with Gasteiger partial charge >= 0.3 is 0 Å². The van der Waals surface area contributed by atoms with Gasteiger partial charge in [0.25, 0.3) is 0 Å². The third-order valence-electron chi connectivity index (χ3n) is 3.98. The first-order valence-electron chi connectivity index (χ1n) is 5.58. The van der Waals surface area contributed by atoms with Crippen molar-refractivity contribution in [3.8, 4) is 0 Å². The van der Waals surface area contributed by atoms with E-state index < -0.39 is 0 Å². The van der Waals surface area contributed by atoms with Crippen LogP contribution in [0.2, 0.25) is 0 Å². The molecule has 0 aliphatic heterocycles. The fourth-order valence-corrected chi connectivity index (χ4v) is 2.39. The summed E-state index contributed by atoms with van der Waals surface area (Å²) >= 11 is 0. The number of rotatable bonds is 3. The maximum atomic E-state index is 11.0. The zero-order valence-corrected chi connectivity index (χ0v) is 9.18. The van der Waals surface area contributed by atoms with E-state index in [2.05, 4.69) is 20.8 Å². The van der Waals surface area contributed by atoms with Crippen LogP contribution in [0.5, 0.6) is 0 Å². The van der Waals surface area contributed by atoms with Crippen LogP contribution in [0, 0.1) is 17.3 Å². The van der Waals surface area contributed by atoms with Crippen molar-refractivity contribution >= 4 is 6.29 Å². The Labute approximate surface area is 81.9 Å². The molecule has 0 aromatic heterocycles. The van der Waals surface area contributed by atoms with Gasteiger partial charge in [-0.2, -0.15) is 0 Å². The number of carbonyl (C=O) groups is 1. The van der Waals surface area contributed by atoms with Crippen molar-refractivity contribution in [2.75, 3.05) is 0 Å². The van der Waals surface area contributed by atoms with Crippen molar-refractivity contribution in [2.24, 2.45) is 17.3 Å². The first-order chi connectivity index (χ1) is 6.12. The van der Waals surface area contributed by atoms with Crippen LogP contribution in [0.3, 0.4) is 0 Å². The summed E-state index contributed by atoms with van der Waals surface area (Å²) in [5, 5.41) is 0. The van der Waals surface area contributed by atoms with Crippen LogP contribution >= 0.6 is 0 Å². The van der Waals surface area contributed by atoms with Gasteiger partial charge in [0.2, 0.25) is 0 Å². The second-order valence-corrected chi connectivity index (χ2v) is 4.93. The van der Waals surface area contributed by atoms with E-state index in [4.69, 9.17) is 0 Å². The molecule has 1 fully saturated rings. The molecule has 1 atom stereocenters. The van der Waals surface area contributed by atoms with Gasteiger partial charge < -0.3 is 4.79 Å². The van der Waals surface area contributed by atoms with Gasteiger partial charge in [-0.3, -0.25) is 0 Å². The standard InChI is InChI=1S/C12H22O/c1-4-12(3,9-13)11-7-5-10(2)6-8-11/h9-11H,4-8H2,1-3H3. The lowest BCUT2D eigenvalue weighted by atomic mass is 9.67. The van der Waals surface area contributed by atoms with Crippen molar-refractivity contribution < 1.29 is 4.79 Å². The smallest absolute Gasteiger partial charge is 0.126 e. The Hall–Kier alpha value is -0.330. The van der Waals surface area contributed by atoms with Gasteiger partial charge in [0.15, 0.2) is 0 Å². The molecule has 0 spiro atoms. The summed E-state index contributed by atoms with van der Waals surface area (Å²) in [6.45, 7) is 6.58. The van der Waals surface area contributed by atoms with E-state index in [0.717, 1.165) is 12.3 Å². The highest BCUT2D eigenvalue weighted by Crippen LogP contribution is 2.40. The summed E-state index contributed by atoms with van der Waals surface area (Å²) in [5.74, 6) is 1.52. The van der Waals surface area contributed by atoms with Gasteiger partial charge in [0.05, 0.1) is 0 Å². The average Bonchev–Trinajstić information content (AvgIpc) is 2.18. The van der Waals surface area contributed by atoms with E-state index in [1.54, 1.807) is 0 Å². The minimum Gasteiger partial charge on any atom is -0.303 e. The molecule has 1 aliphatic rings. The molecule has 1 aliphatic carbocycles. The van der Waals surface area contributed by atoms with Crippen LogP contribution in [0.1, 0.15) is 52.9 Å². The fourth-order valence-electron chi connectivity index (χ4n) is 2.39.